The van der Waals surface area contributed by atoms with Gasteiger partial charge in [0.15, 0.2) is 0 Å². The predicted molar refractivity (Wildman–Crippen MR) is 103 cm³/mol. The number of halogens is 1. The number of thiophene rings is 1. The molecule has 1 aliphatic heterocycles. The lowest BCUT2D eigenvalue weighted by Crippen LogP contribution is -2.46. The van der Waals surface area contributed by atoms with Gasteiger partial charge in [0, 0.05) is 11.4 Å². The lowest BCUT2D eigenvalue weighted by atomic mass is 10.1. The van der Waals surface area contributed by atoms with Gasteiger partial charge < -0.3 is 21.1 Å². The summed E-state index contributed by atoms with van der Waals surface area (Å²) in [5.74, 6) is -1.03. The average Bonchev–Trinajstić information content (AvgIpc) is 3.05. The third kappa shape index (κ3) is 4.58. The van der Waals surface area contributed by atoms with E-state index in [0.29, 0.717) is 29.8 Å². The number of benzene rings is 1. The van der Waals surface area contributed by atoms with Crippen molar-refractivity contribution in [3.05, 3.63) is 41.7 Å². The summed E-state index contributed by atoms with van der Waals surface area (Å²) in [5.41, 5.74) is 11.3. The van der Waals surface area contributed by atoms with Crippen LogP contribution in [-0.2, 0) is 4.74 Å². The van der Waals surface area contributed by atoms with Crippen LogP contribution in [0.3, 0.4) is 0 Å². The Labute approximate surface area is 164 Å². The molecule has 1 saturated heterocycles. The molecule has 1 aromatic heterocycles. The van der Waals surface area contributed by atoms with Gasteiger partial charge in [-0.1, -0.05) is 12.1 Å². The number of nitrogens with two attached hydrogens (primary N) is 2. The Bertz CT molecular complexity index is 899. The van der Waals surface area contributed by atoms with Crippen LogP contribution in [0.5, 0.6) is 0 Å². The number of rotatable bonds is 4. The van der Waals surface area contributed by atoms with Crippen LogP contribution in [0.25, 0.3) is 10.4 Å². The van der Waals surface area contributed by atoms with Crippen LogP contribution in [0, 0.1) is 5.82 Å². The van der Waals surface area contributed by atoms with E-state index in [-0.39, 0.29) is 22.9 Å². The van der Waals surface area contributed by atoms with Crippen LogP contribution in [0.2, 0.25) is 0 Å². The molecule has 1 aromatic carbocycles. The number of nitrogens with one attached hydrogen (secondary N) is 1. The summed E-state index contributed by atoms with van der Waals surface area (Å²) in [5, 5.41) is 2.65. The highest BCUT2D eigenvalue weighted by molar-refractivity contribution is 7.20. The topological polar surface area (TPSA) is 128 Å². The Morgan fingerprint density at radius 2 is 1.93 bits per heavy atom. The van der Waals surface area contributed by atoms with Gasteiger partial charge in [-0.3, -0.25) is 5.32 Å². The smallest absolute Gasteiger partial charge is 0.341 e. The van der Waals surface area contributed by atoms with Crippen molar-refractivity contribution in [1.82, 2.24) is 4.90 Å². The first-order chi connectivity index (χ1) is 13.3. The molecule has 28 heavy (non-hydrogen) atoms. The zero-order valence-electron chi connectivity index (χ0n) is 14.8. The Kier molecular flexibility index (Phi) is 5.78. The zero-order chi connectivity index (χ0) is 20.3. The predicted octanol–water partition coefficient (Wildman–Crippen LogP) is 2.74. The standard InChI is InChI=1S/C18H19FN4O4S/c19-11-5-3-10(4-6-11)14-8-13(15(28-14)22-17(20)25)16(24)27-12-2-1-7-23(9-12)18(21)26/h3-6,8,12H,1-2,7,9H2,(H2,21,26)(H3,20,22,25). The van der Waals surface area contributed by atoms with E-state index in [1.54, 1.807) is 18.2 Å². The minimum atomic E-state index is -0.820. The fourth-order valence-electron chi connectivity index (χ4n) is 2.95. The third-order valence-corrected chi connectivity index (χ3v) is 5.38. The van der Waals surface area contributed by atoms with E-state index in [1.807, 2.05) is 0 Å². The van der Waals surface area contributed by atoms with Crippen molar-refractivity contribution in [2.45, 2.75) is 18.9 Å². The molecule has 1 fully saturated rings. The second-order valence-corrected chi connectivity index (χ2v) is 7.36. The van der Waals surface area contributed by atoms with Crippen molar-refractivity contribution in [3.8, 4) is 10.4 Å². The van der Waals surface area contributed by atoms with Gasteiger partial charge in [-0.25, -0.2) is 18.8 Å². The maximum Gasteiger partial charge on any atom is 0.341 e. The van der Waals surface area contributed by atoms with Gasteiger partial charge in [-0.05, 0) is 36.6 Å². The monoisotopic (exact) mass is 406 g/mol. The number of hydrogen-bond acceptors (Lipinski definition) is 5. The van der Waals surface area contributed by atoms with Gasteiger partial charge in [0.25, 0.3) is 0 Å². The van der Waals surface area contributed by atoms with Gasteiger partial charge in [0.2, 0.25) is 0 Å². The van der Waals surface area contributed by atoms with Crippen LogP contribution in [0.4, 0.5) is 19.0 Å². The van der Waals surface area contributed by atoms with E-state index in [0.717, 1.165) is 11.3 Å². The quantitative estimate of drug-likeness (QED) is 0.675. The molecular weight excluding hydrogens is 387 g/mol. The normalized spacial score (nSPS) is 16.5. The van der Waals surface area contributed by atoms with E-state index in [4.69, 9.17) is 16.2 Å². The molecule has 10 heteroatoms. The first kappa shape index (κ1) is 19.6. The molecule has 3 rings (SSSR count). The molecule has 0 aliphatic carbocycles. The molecule has 0 spiro atoms. The molecule has 0 saturated carbocycles. The van der Waals surface area contributed by atoms with E-state index in [1.165, 1.54) is 17.0 Å². The van der Waals surface area contributed by atoms with Crippen molar-refractivity contribution in [1.29, 1.82) is 0 Å². The number of primary amides is 2. The number of piperidine rings is 1. The SMILES string of the molecule is NC(=O)Nc1sc(-c2ccc(F)cc2)cc1C(=O)OC1CCCN(C(N)=O)C1. The maximum absolute atomic E-state index is 13.2. The van der Waals surface area contributed by atoms with Crippen LogP contribution in [0.15, 0.2) is 30.3 Å². The van der Waals surface area contributed by atoms with Crippen LogP contribution in [0.1, 0.15) is 23.2 Å². The summed E-state index contributed by atoms with van der Waals surface area (Å²) >= 11 is 1.12. The average molecular weight is 406 g/mol. The molecule has 2 heterocycles. The molecular formula is C18H19FN4O4S. The molecule has 2 aromatic rings. The lowest BCUT2D eigenvalue weighted by molar-refractivity contribution is 0.0129. The number of esters is 1. The fourth-order valence-corrected chi connectivity index (χ4v) is 4.01. The van der Waals surface area contributed by atoms with Crippen molar-refractivity contribution in [3.63, 3.8) is 0 Å². The third-order valence-electron chi connectivity index (χ3n) is 4.28. The highest BCUT2D eigenvalue weighted by Gasteiger charge is 2.27. The zero-order valence-corrected chi connectivity index (χ0v) is 15.6. The molecule has 4 amide bonds. The first-order valence-electron chi connectivity index (χ1n) is 8.55. The second-order valence-electron chi connectivity index (χ2n) is 6.30. The van der Waals surface area contributed by atoms with Crippen LogP contribution < -0.4 is 16.8 Å². The number of urea groups is 2. The second kappa shape index (κ2) is 8.26. The van der Waals surface area contributed by atoms with E-state index in [9.17, 15) is 18.8 Å². The summed E-state index contributed by atoms with van der Waals surface area (Å²) in [6.45, 7) is 0.736. The minimum Gasteiger partial charge on any atom is -0.457 e. The summed E-state index contributed by atoms with van der Waals surface area (Å²) in [7, 11) is 0. The van der Waals surface area contributed by atoms with Crippen molar-refractivity contribution < 1.29 is 23.5 Å². The summed E-state index contributed by atoms with van der Waals surface area (Å²) in [6, 6.07) is 5.90. The summed E-state index contributed by atoms with van der Waals surface area (Å²) in [6.07, 6.45) is 0.769. The van der Waals surface area contributed by atoms with Gasteiger partial charge >= 0.3 is 18.0 Å². The van der Waals surface area contributed by atoms with Gasteiger partial charge in [0.1, 0.15) is 16.9 Å². The molecule has 5 N–H and O–H groups in total. The van der Waals surface area contributed by atoms with Crippen molar-refractivity contribution >= 4 is 34.4 Å². The maximum atomic E-state index is 13.2. The number of carbonyl (C=O) groups is 3. The van der Waals surface area contributed by atoms with E-state index in [2.05, 4.69) is 5.32 Å². The molecule has 0 radical (unpaired) electrons. The Morgan fingerprint density at radius 3 is 2.57 bits per heavy atom. The molecule has 148 valence electrons. The van der Waals surface area contributed by atoms with Crippen LogP contribution >= 0.6 is 11.3 Å². The Hall–Kier alpha value is -3.14. The van der Waals surface area contributed by atoms with Crippen molar-refractivity contribution in [2.75, 3.05) is 18.4 Å². The largest absolute Gasteiger partial charge is 0.457 e. The highest BCUT2D eigenvalue weighted by Crippen LogP contribution is 2.36. The van der Waals surface area contributed by atoms with Gasteiger partial charge in [-0.2, -0.15) is 0 Å². The van der Waals surface area contributed by atoms with Gasteiger partial charge in [-0.15, -0.1) is 11.3 Å². The molecule has 1 aliphatic rings. The number of nitrogens with zero attached hydrogens (tertiary/aromatic N) is 1. The summed E-state index contributed by atoms with van der Waals surface area (Å²) < 4.78 is 18.7. The minimum absolute atomic E-state index is 0.138. The lowest BCUT2D eigenvalue weighted by Gasteiger charge is -2.31. The number of likely N-dealkylation sites (tertiary alicyclic amines) is 1. The molecule has 0 bridgehead atoms. The highest BCUT2D eigenvalue weighted by atomic mass is 32.1. The van der Waals surface area contributed by atoms with E-state index >= 15 is 0 Å². The number of carbonyl (C=O) groups excluding carboxylic acids is 3. The van der Waals surface area contributed by atoms with E-state index < -0.39 is 24.1 Å². The fraction of sp³-hybridized carbons (Fsp3) is 0.278. The number of ether oxygens (including phenoxy) is 1. The molecule has 8 nitrogen and oxygen atoms in total. The van der Waals surface area contributed by atoms with Gasteiger partial charge in [0.05, 0.1) is 12.1 Å². The summed E-state index contributed by atoms with van der Waals surface area (Å²) in [4.78, 5) is 37.4. The molecule has 1 unspecified atom stereocenters. The first-order valence-corrected chi connectivity index (χ1v) is 9.36. The Morgan fingerprint density at radius 1 is 1.21 bits per heavy atom. The molecule has 1 atom stereocenters. The Balaban J connectivity index is 1.82. The number of hydrogen-bond donors (Lipinski definition) is 3. The van der Waals surface area contributed by atoms with Crippen LogP contribution in [-0.4, -0.2) is 42.1 Å². The number of amides is 4. The number of anilines is 1. The van der Waals surface area contributed by atoms with Crippen molar-refractivity contribution in [2.24, 2.45) is 11.5 Å².